The van der Waals surface area contributed by atoms with E-state index < -0.39 is 48.3 Å². The number of rotatable bonds is 6. The number of halogens is 6. The van der Waals surface area contributed by atoms with Crippen LogP contribution in [0, 0.1) is 0 Å². The van der Waals surface area contributed by atoms with Gasteiger partial charge in [-0.3, -0.25) is 0 Å². The zero-order valence-electron chi connectivity index (χ0n) is 8.39. The number of carboxylic acid groups (broad SMARTS) is 2. The Hall–Kier alpha value is -1.74. The van der Waals surface area contributed by atoms with Crippen molar-refractivity contribution in [2.24, 2.45) is 0 Å². The molecule has 0 atom stereocenters. The summed E-state index contributed by atoms with van der Waals surface area (Å²) in [6.45, 7) is -5.43. The van der Waals surface area contributed by atoms with Gasteiger partial charge >= 0.3 is 23.8 Å². The molecule has 0 aliphatic heterocycles. The minimum atomic E-state index is -4.97. The van der Waals surface area contributed by atoms with Gasteiger partial charge in [0.1, 0.15) is 11.1 Å². The number of carboxylic acids is 2. The molecular formula is C8H6F6O4. The maximum atomic E-state index is 12.8. The molecule has 0 aliphatic rings. The van der Waals surface area contributed by atoms with Crippen molar-refractivity contribution in [3.63, 3.8) is 0 Å². The molecule has 0 aromatic heterocycles. The quantitative estimate of drug-likeness (QED) is 0.573. The van der Waals surface area contributed by atoms with Gasteiger partial charge in [-0.1, -0.05) is 0 Å². The van der Waals surface area contributed by atoms with Crippen LogP contribution in [0.1, 0.15) is 0 Å². The van der Waals surface area contributed by atoms with Gasteiger partial charge in [0.15, 0.2) is 13.3 Å². The van der Waals surface area contributed by atoms with Gasteiger partial charge in [-0.2, -0.15) is 17.6 Å². The molecule has 0 amide bonds. The molecule has 18 heavy (non-hydrogen) atoms. The third-order valence-electron chi connectivity index (χ3n) is 1.74. The summed E-state index contributed by atoms with van der Waals surface area (Å²) in [6, 6.07) is 0. The van der Waals surface area contributed by atoms with Crippen LogP contribution in [0.4, 0.5) is 26.3 Å². The molecule has 0 radical (unpaired) electrons. The summed E-state index contributed by atoms with van der Waals surface area (Å²) in [5.41, 5.74) is -5.36. The molecule has 0 rings (SSSR count). The number of alkyl halides is 6. The van der Waals surface area contributed by atoms with E-state index >= 15 is 0 Å². The van der Waals surface area contributed by atoms with Crippen molar-refractivity contribution in [2.45, 2.75) is 11.8 Å². The number of carbonyl (C=O) groups is 2. The summed E-state index contributed by atoms with van der Waals surface area (Å²) >= 11 is 0. The number of hydrogen-bond donors (Lipinski definition) is 2. The van der Waals surface area contributed by atoms with E-state index in [1.54, 1.807) is 0 Å². The SMILES string of the molecule is O=C(O)/C(=C(\C(=O)O)C(F)(F)CF)C(F)(F)CF. The zero-order chi connectivity index (χ0) is 14.7. The lowest BCUT2D eigenvalue weighted by molar-refractivity contribution is -0.142. The Bertz CT molecular complexity index is 353. The van der Waals surface area contributed by atoms with Crippen LogP contribution in [0.25, 0.3) is 0 Å². The van der Waals surface area contributed by atoms with Crippen molar-refractivity contribution in [1.29, 1.82) is 0 Å². The van der Waals surface area contributed by atoms with Gasteiger partial charge in [-0.15, -0.1) is 0 Å². The fourth-order valence-corrected chi connectivity index (χ4v) is 1.03. The predicted molar refractivity (Wildman–Crippen MR) is 44.1 cm³/mol. The van der Waals surface area contributed by atoms with Crippen molar-refractivity contribution in [1.82, 2.24) is 0 Å². The van der Waals surface area contributed by atoms with Crippen LogP contribution in [0.3, 0.4) is 0 Å². The van der Waals surface area contributed by atoms with E-state index in [1.807, 2.05) is 0 Å². The second-order valence-electron chi connectivity index (χ2n) is 3.04. The molecule has 0 saturated heterocycles. The van der Waals surface area contributed by atoms with Crippen molar-refractivity contribution in [3.05, 3.63) is 11.1 Å². The van der Waals surface area contributed by atoms with E-state index in [4.69, 9.17) is 10.2 Å². The summed E-state index contributed by atoms with van der Waals surface area (Å²) < 4.78 is 75.1. The van der Waals surface area contributed by atoms with Gasteiger partial charge in [-0.25, -0.2) is 18.4 Å². The van der Waals surface area contributed by atoms with E-state index in [-0.39, 0.29) is 0 Å². The fourth-order valence-electron chi connectivity index (χ4n) is 1.03. The first kappa shape index (κ1) is 16.3. The molecular weight excluding hydrogens is 274 g/mol. The summed E-state index contributed by atoms with van der Waals surface area (Å²) in [4.78, 5) is 20.8. The Balaban J connectivity index is 6.26. The normalized spacial score (nSPS) is 14.1. The smallest absolute Gasteiger partial charge is 0.338 e. The molecule has 0 bridgehead atoms. The van der Waals surface area contributed by atoms with Gasteiger partial charge < -0.3 is 10.2 Å². The highest BCUT2D eigenvalue weighted by Crippen LogP contribution is 2.35. The van der Waals surface area contributed by atoms with E-state index in [0.717, 1.165) is 0 Å². The van der Waals surface area contributed by atoms with E-state index in [9.17, 15) is 35.9 Å². The van der Waals surface area contributed by atoms with Crippen molar-refractivity contribution in [2.75, 3.05) is 13.3 Å². The van der Waals surface area contributed by atoms with Gasteiger partial charge in [0.05, 0.1) is 0 Å². The van der Waals surface area contributed by atoms with Crippen LogP contribution in [-0.4, -0.2) is 47.3 Å². The second kappa shape index (κ2) is 5.27. The lowest BCUT2D eigenvalue weighted by atomic mass is 9.97. The third kappa shape index (κ3) is 3.14. The monoisotopic (exact) mass is 280 g/mol. The van der Waals surface area contributed by atoms with Crippen LogP contribution < -0.4 is 0 Å². The Kier molecular flexibility index (Phi) is 4.76. The average Bonchev–Trinajstić information content (AvgIpc) is 2.23. The first-order valence-corrected chi connectivity index (χ1v) is 4.10. The maximum Gasteiger partial charge on any atom is 0.338 e. The second-order valence-corrected chi connectivity index (χ2v) is 3.04. The van der Waals surface area contributed by atoms with Crippen molar-refractivity contribution in [3.8, 4) is 0 Å². The largest absolute Gasteiger partial charge is 0.478 e. The molecule has 104 valence electrons. The molecule has 0 unspecified atom stereocenters. The number of aliphatic carboxylic acids is 2. The van der Waals surface area contributed by atoms with Crippen molar-refractivity contribution >= 4 is 11.9 Å². The van der Waals surface area contributed by atoms with E-state index in [0.29, 0.717) is 0 Å². The first-order valence-electron chi connectivity index (χ1n) is 4.10. The van der Waals surface area contributed by atoms with Gasteiger partial charge in [-0.05, 0) is 0 Å². The summed E-state index contributed by atoms with van der Waals surface area (Å²) in [5.74, 6) is -15.5. The topological polar surface area (TPSA) is 74.6 Å². The molecule has 10 heteroatoms. The average molecular weight is 280 g/mol. The fraction of sp³-hybridized carbons (Fsp3) is 0.500. The van der Waals surface area contributed by atoms with Crippen LogP contribution in [0.15, 0.2) is 11.1 Å². The summed E-state index contributed by atoms with van der Waals surface area (Å²) in [7, 11) is 0. The van der Waals surface area contributed by atoms with Crippen LogP contribution in [-0.2, 0) is 9.59 Å². The summed E-state index contributed by atoms with van der Waals surface area (Å²) in [5, 5.41) is 16.6. The zero-order valence-corrected chi connectivity index (χ0v) is 8.39. The lowest BCUT2D eigenvalue weighted by Gasteiger charge is -2.20. The highest BCUT2D eigenvalue weighted by molar-refractivity contribution is 6.01. The van der Waals surface area contributed by atoms with Gasteiger partial charge in [0.2, 0.25) is 0 Å². The molecule has 0 heterocycles. The molecule has 0 aromatic rings. The molecule has 0 aliphatic carbocycles. The Morgan fingerprint density at radius 2 is 1.00 bits per heavy atom. The van der Waals surface area contributed by atoms with Gasteiger partial charge in [0.25, 0.3) is 0 Å². The number of hydrogen-bond acceptors (Lipinski definition) is 2. The first-order chi connectivity index (χ1) is 8.01. The van der Waals surface area contributed by atoms with E-state index in [1.165, 1.54) is 0 Å². The minimum absolute atomic E-state index is 2.68. The predicted octanol–water partition coefficient (Wildman–Crippen LogP) is 1.66. The molecule has 0 fully saturated rings. The molecule has 0 aromatic carbocycles. The van der Waals surface area contributed by atoms with E-state index in [2.05, 4.69) is 0 Å². The standard InChI is InChI=1S/C8H6F6O4/c9-1-7(11,12)3(5(15)16)4(6(17)18)8(13,14)2-10/h1-2H2,(H,15,16)(H,17,18)/b4-3-. The molecule has 0 saturated carbocycles. The van der Waals surface area contributed by atoms with Crippen LogP contribution >= 0.6 is 0 Å². The highest BCUT2D eigenvalue weighted by atomic mass is 19.3. The molecule has 0 spiro atoms. The third-order valence-corrected chi connectivity index (χ3v) is 1.74. The molecule has 4 nitrogen and oxygen atoms in total. The van der Waals surface area contributed by atoms with Crippen LogP contribution in [0.2, 0.25) is 0 Å². The van der Waals surface area contributed by atoms with Gasteiger partial charge in [0, 0.05) is 0 Å². The minimum Gasteiger partial charge on any atom is -0.478 e. The van der Waals surface area contributed by atoms with Crippen LogP contribution in [0.5, 0.6) is 0 Å². The summed E-state index contributed by atoms with van der Waals surface area (Å²) in [6.07, 6.45) is 0. The lowest BCUT2D eigenvalue weighted by Crippen LogP contribution is -2.37. The Labute approximate surface area is 95.5 Å². The van der Waals surface area contributed by atoms with Crippen molar-refractivity contribution < 1.29 is 46.1 Å². The Morgan fingerprint density at radius 3 is 1.11 bits per heavy atom. The molecule has 2 N–H and O–H groups in total. The maximum absolute atomic E-state index is 12.8. The highest BCUT2D eigenvalue weighted by Gasteiger charge is 2.51. The Morgan fingerprint density at radius 1 is 0.778 bits per heavy atom.